The zero-order valence-corrected chi connectivity index (χ0v) is 18.2. The third kappa shape index (κ3) is 4.39. The van der Waals surface area contributed by atoms with E-state index < -0.39 is 32.0 Å². The van der Waals surface area contributed by atoms with Gasteiger partial charge in [0.05, 0.1) is 10.6 Å². The Bertz CT molecular complexity index is 1480. The van der Waals surface area contributed by atoms with E-state index in [4.69, 9.17) is 4.18 Å². The Morgan fingerprint density at radius 3 is 2.03 bits per heavy atom. The monoisotopic (exact) mass is 462 g/mol. The summed E-state index contributed by atoms with van der Waals surface area (Å²) in [5.41, 5.74) is 0.0162. The topological polar surface area (TPSA) is 109 Å². The van der Waals surface area contributed by atoms with Crippen molar-refractivity contribution in [2.75, 3.05) is 0 Å². The Morgan fingerprint density at radius 2 is 1.45 bits per heavy atom. The van der Waals surface area contributed by atoms with E-state index in [0.29, 0.717) is 11.3 Å². The van der Waals surface area contributed by atoms with Crippen LogP contribution in [-0.4, -0.2) is 17.9 Å². The molecule has 0 saturated carbocycles. The smallest absolute Gasteiger partial charge is 0.371 e. The van der Waals surface area contributed by atoms with Gasteiger partial charge in [-0.15, -0.1) is 0 Å². The van der Waals surface area contributed by atoms with Crippen LogP contribution in [0.15, 0.2) is 101 Å². The molecule has 0 spiro atoms. The molecule has 166 valence electrons. The number of para-hydroxylation sites is 1. The van der Waals surface area contributed by atoms with Crippen LogP contribution in [0.3, 0.4) is 0 Å². The summed E-state index contributed by atoms with van der Waals surface area (Å²) in [6, 6.07) is 24.1. The largest absolute Gasteiger partial charge is 0.377 e. The number of rotatable bonds is 6. The van der Waals surface area contributed by atoms with Gasteiger partial charge in [-0.2, -0.15) is 8.42 Å². The molecule has 0 saturated heterocycles. The van der Waals surface area contributed by atoms with Gasteiger partial charge in [0.2, 0.25) is 5.75 Å². The molecular formula is C24H18N2O6S. The van der Waals surface area contributed by atoms with Crippen LogP contribution in [0.25, 0.3) is 16.9 Å². The van der Waals surface area contributed by atoms with E-state index in [-0.39, 0.29) is 10.6 Å². The van der Waals surface area contributed by atoms with Gasteiger partial charge in [0, 0.05) is 11.8 Å². The van der Waals surface area contributed by atoms with Crippen molar-refractivity contribution in [1.29, 1.82) is 0 Å². The number of aromatic nitrogens is 1. The first kappa shape index (κ1) is 22.0. The quantitative estimate of drug-likeness (QED) is 0.237. The van der Waals surface area contributed by atoms with Crippen LogP contribution >= 0.6 is 0 Å². The molecule has 0 N–H and O–H groups in total. The minimum atomic E-state index is -4.43. The van der Waals surface area contributed by atoms with Crippen LogP contribution in [-0.2, 0) is 10.1 Å². The zero-order chi connectivity index (χ0) is 23.6. The van der Waals surface area contributed by atoms with Gasteiger partial charge in [-0.1, -0.05) is 66.2 Å². The van der Waals surface area contributed by atoms with E-state index in [1.54, 1.807) is 79.7 Å². The Morgan fingerprint density at radius 1 is 0.879 bits per heavy atom. The molecule has 1 heterocycles. The highest BCUT2D eigenvalue weighted by atomic mass is 32.2. The molecule has 0 aliphatic heterocycles. The van der Waals surface area contributed by atoms with E-state index in [1.165, 1.54) is 22.8 Å². The molecule has 3 aromatic carbocycles. The highest BCUT2D eigenvalue weighted by molar-refractivity contribution is 7.87. The average Bonchev–Trinajstić information content (AvgIpc) is 2.79. The van der Waals surface area contributed by atoms with Gasteiger partial charge >= 0.3 is 21.4 Å². The molecule has 0 aliphatic carbocycles. The Kier molecular flexibility index (Phi) is 5.80. The molecule has 0 bridgehead atoms. The summed E-state index contributed by atoms with van der Waals surface area (Å²) < 4.78 is 32.0. The summed E-state index contributed by atoms with van der Waals surface area (Å²) in [6.45, 7) is 1.79. The SMILES string of the molecule is Cc1ccc(S(=O)(=O)Oc2cc(-c3ccccc3)n(-c3ccccc3)c(=O)c2[N+](=O)[O-])cc1. The fourth-order valence-electron chi connectivity index (χ4n) is 3.34. The van der Waals surface area contributed by atoms with Crippen molar-refractivity contribution in [3.8, 4) is 22.7 Å². The molecule has 8 nitrogen and oxygen atoms in total. The maximum absolute atomic E-state index is 13.3. The number of hydrogen-bond acceptors (Lipinski definition) is 6. The predicted molar refractivity (Wildman–Crippen MR) is 123 cm³/mol. The van der Waals surface area contributed by atoms with Gasteiger partial charge in [0.15, 0.2) is 0 Å². The van der Waals surface area contributed by atoms with E-state index >= 15 is 0 Å². The summed E-state index contributed by atoms with van der Waals surface area (Å²) >= 11 is 0. The van der Waals surface area contributed by atoms with Gasteiger partial charge in [-0.05, 0) is 36.8 Å². The first-order valence-corrected chi connectivity index (χ1v) is 11.3. The van der Waals surface area contributed by atoms with Gasteiger partial charge in [-0.25, -0.2) is 0 Å². The van der Waals surface area contributed by atoms with E-state index in [2.05, 4.69) is 0 Å². The van der Waals surface area contributed by atoms with Crippen LogP contribution in [0, 0.1) is 17.0 Å². The first-order chi connectivity index (χ1) is 15.8. The second-order valence-electron chi connectivity index (χ2n) is 7.19. The fraction of sp³-hybridized carbons (Fsp3) is 0.0417. The van der Waals surface area contributed by atoms with Crippen LogP contribution in [0.5, 0.6) is 5.75 Å². The van der Waals surface area contributed by atoms with Crippen molar-refractivity contribution in [3.63, 3.8) is 0 Å². The van der Waals surface area contributed by atoms with Crippen molar-refractivity contribution in [2.24, 2.45) is 0 Å². The van der Waals surface area contributed by atoms with Crippen LogP contribution in [0.2, 0.25) is 0 Å². The number of aryl methyl sites for hydroxylation is 1. The summed E-state index contributed by atoms with van der Waals surface area (Å²) in [5.74, 6) is -0.656. The standard InChI is InChI=1S/C24H18N2O6S/c1-17-12-14-20(15-13-17)33(30,31)32-22-16-21(18-8-4-2-5-9-18)25(19-10-6-3-7-11-19)24(27)23(22)26(28)29/h2-16H,1H3. The summed E-state index contributed by atoms with van der Waals surface area (Å²) in [7, 11) is -4.43. The first-order valence-electron chi connectivity index (χ1n) is 9.84. The Balaban J connectivity index is 1.98. The van der Waals surface area contributed by atoms with E-state index in [9.17, 15) is 23.3 Å². The molecule has 0 aliphatic rings. The lowest BCUT2D eigenvalue weighted by Gasteiger charge is -2.15. The van der Waals surface area contributed by atoms with Crippen LogP contribution in [0.1, 0.15) is 5.56 Å². The van der Waals surface area contributed by atoms with Crippen LogP contribution < -0.4 is 9.74 Å². The summed E-state index contributed by atoms with van der Waals surface area (Å²) in [4.78, 5) is 24.1. The molecule has 33 heavy (non-hydrogen) atoms. The van der Waals surface area contributed by atoms with Crippen molar-refractivity contribution < 1.29 is 17.5 Å². The molecule has 0 radical (unpaired) electrons. The highest BCUT2D eigenvalue weighted by Gasteiger charge is 2.30. The predicted octanol–water partition coefficient (Wildman–Crippen LogP) is 4.49. The minimum Gasteiger partial charge on any atom is -0.371 e. The lowest BCUT2D eigenvalue weighted by atomic mass is 10.1. The number of hydrogen-bond donors (Lipinski definition) is 0. The molecule has 0 atom stereocenters. The fourth-order valence-corrected chi connectivity index (χ4v) is 4.26. The van der Waals surface area contributed by atoms with Crippen molar-refractivity contribution in [1.82, 2.24) is 4.57 Å². The number of benzene rings is 3. The summed E-state index contributed by atoms with van der Waals surface area (Å²) in [5, 5.41) is 11.9. The van der Waals surface area contributed by atoms with Gasteiger partial charge in [0.25, 0.3) is 0 Å². The van der Waals surface area contributed by atoms with Crippen LogP contribution in [0.4, 0.5) is 5.69 Å². The average molecular weight is 462 g/mol. The van der Waals surface area contributed by atoms with Crippen molar-refractivity contribution >= 4 is 15.8 Å². The molecular weight excluding hydrogens is 444 g/mol. The number of nitro groups is 1. The van der Waals surface area contributed by atoms with E-state index in [1.807, 2.05) is 0 Å². The van der Waals surface area contributed by atoms with Gasteiger partial charge in [-0.3, -0.25) is 19.5 Å². The zero-order valence-electron chi connectivity index (χ0n) is 17.4. The molecule has 0 unspecified atom stereocenters. The summed E-state index contributed by atoms with van der Waals surface area (Å²) in [6.07, 6.45) is 0. The third-order valence-electron chi connectivity index (χ3n) is 4.92. The number of pyridine rings is 1. The molecule has 1 aromatic heterocycles. The Labute approximate surface area is 189 Å². The molecule has 4 rings (SSSR count). The molecule has 0 amide bonds. The highest BCUT2D eigenvalue weighted by Crippen LogP contribution is 2.33. The molecule has 9 heteroatoms. The van der Waals surface area contributed by atoms with E-state index in [0.717, 1.165) is 5.56 Å². The van der Waals surface area contributed by atoms with Crippen molar-refractivity contribution in [3.05, 3.63) is 117 Å². The Hall–Kier alpha value is -4.24. The maximum atomic E-state index is 13.3. The number of nitrogens with zero attached hydrogens (tertiary/aromatic N) is 2. The lowest BCUT2D eigenvalue weighted by molar-refractivity contribution is -0.387. The molecule has 0 fully saturated rings. The van der Waals surface area contributed by atoms with Gasteiger partial charge in [0.1, 0.15) is 4.90 Å². The van der Waals surface area contributed by atoms with Gasteiger partial charge < -0.3 is 4.18 Å². The molecule has 4 aromatic rings. The normalized spacial score (nSPS) is 11.2. The second kappa shape index (κ2) is 8.71. The lowest BCUT2D eigenvalue weighted by Crippen LogP contribution is -2.24. The second-order valence-corrected chi connectivity index (χ2v) is 8.74. The maximum Gasteiger partial charge on any atom is 0.377 e. The van der Waals surface area contributed by atoms with Crippen molar-refractivity contribution in [2.45, 2.75) is 11.8 Å². The minimum absolute atomic E-state index is 0.184. The third-order valence-corrected chi connectivity index (χ3v) is 6.17.